The molecule has 0 aromatic rings. The summed E-state index contributed by atoms with van der Waals surface area (Å²) in [7, 11) is 0. The van der Waals surface area contributed by atoms with Crippen LogP contribution < -0.4 is 0 Å². The third-order valence-electron chi connectivity index (χ3n) is 4.55. The van der Waals surface area contributed by atoms with Crippen molar-refractivity contribution < 1.29 is 30.0 Å². The number of allylic oxidation sites excluding steroid dienone is 1. The minimum absolute atomic E-state index is 0.148. The minimum atomic E-state index is -0.801. The van der Waals surface area contributed by atoms with Gasteiger partial charge in [-0.3, -0.25) is 4.79 Å². The number of hydrogen-bond donors (Lipinski definition) is 4. The van der Waals surface area contributed by atoms with Crippen LogP contribution >= 0.6 is 0 Å². The van der Waals surface area contributed by atoms with Crippen molar-refractivity contribution in [3.8, 4) is 0 Å². The SMILES string of the molecule is CCCCC[C@@H](O)[C@H]1C[C@H](O)[C@H](/C=C/[C@@H](O)C/C=C\CCCC(=O)O)O1. The first kappa shape index (κ1) is 22.8. The second kappa shape index (κ2) is 13.0. The Bertz CT molecular complexity index is 448. The summed E-state index contributed by atoms with van der Waals surface area (Å²) in [6.07, 6.45) is 10.2. The lowest BCUT2D eigenvalue weighted by Gasteiger charge is -2.18. The summed E-state index contributed by atoms with van der Waals surface area (Å²) in [5.74, 6) is -0.801. The van der Waals surface area contributed by atoms with Crippen LogP contribution in [0.15, 0.2) is 24.3 Å². The van der Waals surface area contributed by atoms with E-state index in [-0.39, 0.29) is 12.5 Å². The molecule has 1 heterocycles. The van der Waals surface area contributed by atoms with Crippen molar-refractivity contribution in [2.24, 2.45) is 0 Å². The van der Waals surface area contributed by atoms with E-state index >= 15 is 0 Å². The van der Waals surface area contributed by atoms with Gasteiger partial charge in [0.1, 0.15) is 6.10 Å². The van der Waals surface area contributed by atoms with Crippen LogP contribution in [0.3, 0.4) is 0 Å². The van der Waals surface area contributed by atoms with E-state index in [0.29, 0.717) is 32.1 Å². The molecule has 1 rings (SSSR count). The molecule has 26 heavy (non-hydrogen) atoms. The van der Waals surface area contributed by atoms with Gasteiger partial charge in [0, 0.05) is 12.8 Å². The van der Waals surface area contributed by atoms with Gasteiger partial charge >= 0.3 is 5.97 Å². The lowest BCUT2D eigenvalue weighted by Crippen LogP contribution is -2.26. The number of ether oxygens (including phenoxy) is 1. The fraction of sp³-hybridized carbons (Fsp3) is 0.750. The molecule has 0 saturated carbocycles. The molecule has 0 bridgehead atoms. The lowest BCUT2D eigenvalue weighted by molar-refractivity contribution is -0.137. The highest BCUT2D eigenvalue weighted by Crippen LogP contribution is 2.26. The molecule has 0 aromatic heterocycles. The Kier molecular flexibility index (Phi) is 11.4. The topological polar surface area (TPSA) is 107 Å². The van der Waals surface area contributed by atoms with Crippen molar-refractivity contribution >= 4 is 5.97 Å². The second-order valence-electron chi connectivity index (χ2n) is 6.95. The molecular weight excluding hydrogens is 336 g/mol. The molecule has 1 fully saturated rings. The number of carbonyl (C=O) groups is 1. The highest BCUT2D eigenvalue weighted by Gasteiger charge is 2.36. The number of carboxylic acids is 1. The van der Waals surface area contributed by atoms with Crippen LogP contribution in [0.1, 0.15) is 64.7 Å². The van der Waals surface area contributed by atoms with Crippen LogP contribution in [0.25, 0.3) is 0 Å². The maximum atomic E-state index is 10.4. The number of aliphatic hydroxyl groups is 3. The minimum Gasteiger partial charge on any atom is -0.481 e. The molecule has 0 radical (unpaired) electrons. The number of hydrogen-bond acceptors (Lipinski definition) is 5. The molecule has 0 amide bonds. The van der Waals surface area contributed by atoms with E-state index in [1.807, 2.05) is 12.2 Å². The van der Waals surface area contributed by atoms with E-state index in [1.165, 1.54) is 0 Å². The van der Waals surface area contributed by atoms with Crippen LogP contribution in [-0.4, -0.2) is 56.9 Å². The average Bonchev–Trinajstić information content (AvgIpc) is 2.97. The Balaban J connectivity index is 2.29. The first-order chi connectivity index (χ1) is 12.4. The van der Waals surface area contributed by atoms with Gasteiger partial charge in [-0.15, -0.1) is 0 Å². The quantitative estimate of drug-likeness (QED) is 0.293. The zero-order valence-electron chi connectivity index (χ0n) is 15.7. The highest BCUT2D eigenvalue weighted by atomic mass is 16.5. The van der Waals surface area contributed by atoms with Gasteiger partial charge in [0.2, 0.25) is 0 Å². The van der Waals surface area contributed by atoms with E-state index in [4.69, 9.17) is 9.84 Å². The van der Waals surface area contributed by atoms with Crippen molar-refractivity contribution in [3.05, 3.63) is 24.3 Å². The van der Waals surface area contributed by atoms with Gasteiger partial charge < -0.3 is 25.2 Å². The molecule has 150 valence electrons. The highest BCUT2D eigenvalue weighted by molar-refractivity contribution is 5.66. The molecule has 4 N–H and O–H groups in total. The normalized spacial score (nSPS) is 25.9. The van der Waals surface area contributed by atoms with Gasteiger partial charge in [-0.1, -0.05) is 50.5 Å². The molecule has 1 aliphatic heterocycles. The van der Waals surface area contributed by atoms with Crippen molar-refractivity contribution in [1.82, 2.24) is 0 Å². The fourth-order valence-electron chi connectivity index (χ4n) is 2.97. The number of aliphatic carboxylic acids is 1. The third kappa shape index (κ3) is 9.48. The van der Waals surface area contributed by atoms with Crippen molar-refractivity contribution in [3.63, 3.8) is 0 Å². The van der Waals surface area contributed by atoms with Gasteiger partial charge in [-0.2, -0.15) is 0 Å². The number of aliphatic hydroxyl groups excluding tert-OH is 3. The summed E-state index contributed by atoms with van der Waals surface area (Å²) in [6, 6.07) is 0. The van der Waals surface area contributed by atoms with E-state index in [9.17, 15) is 20.1 Å². The average molecular weight is 370 g/mol. The van der Waals surface area contributed by atoms with Crippen molar-refractivity contribution in [2.45, 2.75) is 95.2 Å². The van der Waals surface area contributed by atoms with Crippen LogP contribution in [0, 0.1) is 0 Å². The van der Waals surface area contributed by atoms with E-state index < -0.39 is 30.4 Å². The van der Waals surface area contributed by atoms with Crippen LogP contribution in [0.4, 0.5) is 0 Å². The predicted octanol–water partition coefficient (Wildman–Crippen LogP) is 2.56. The molecule has 0 spiro atoms. The standard InChI is InChI=1S/C20H34O6/c1-2-3-6-10-16(22)19-14-17(23)18(26-19)13-12-15(21)9-7-4-5-8-11-20(24)25/h4,7,12-13,15-19,21-23H,2-3,5-6,8-11,14H2,1H3,(H,24,25)/b7-4-,13-12+/t15-,16+,17-,18-,19+/m0/s1. The van der Waals surface area contributed by atoms with Crippen LogP contribution in [0.2, 0.25) is 0 Å². The van der Waals surface area contributed by atoms with Gasteiger partial charge in [0.05, 0.1) is 24.4 Å². The van der Waals surface area contributed by atoms with Crippen LogP contribution in [0.5, 0.6) is 0 Å². The van der Waals surface area contributed by atoms with Gasteiger partial charge in [0.25, 0.3) is 0 Å². The van der Waals surface area contributed by atoms with E-state index in [2.05, 4.69) is 6.92 Å². The summed E-state index contributed by atoms with van der Waals surface area (Å²) in [5.41, 5.74) is 0. The fourth-order valence-corrected chi connectivity index (χ4v) is 2.97. The van der Waals surface area contributed by atoms with Gasteiger partial charge in [-0.25, -0.2) is 0 Å². The first-order valence-electron chi connectivity index (χ1n) is 9.68. The molecule has 1 aliphatic rings. The largest absolute Gasteiger partial charge is 0.481 e. The Hall–Kier alpha value is -1.21. The zero-order chi connectivity index (χ0) is 19.4. The Morgan fingerprint density at radius 3 is 2.69 bits per heavy atom. The number of rotatable bonds is 13. The van der Waals surface area contributed by atoms with Crippen LogP contribution in [-0.2, 0) is 9.53 Å². The molecule has 0 unspecified atom stereocenters. The molecule has 0 aromatic carbocycles. The molecule has 6 nitrogen and oxygen atoms in total. The number of carboxylic acid groups (broad SMARTS) is 1. The smallest absolute Gasteiger partial charge is 0.303 e. The summed E-state index contributed by atoms with van der Waals surface area (Å²) >= 11 is 0. The van der Waals surface area contributed by atoms with E-state index in [0.717, 1.165) is 19.3 Å². The van der Waals surface area contributed by atoms with Crippen molar-refractivity contribution in [1.29, 1.82) is 0 Å². The Labute approximate surface area is 156 Å². The first-order valence-corrected chi connectivity index (χ1v) is 9.68. The Morgan fingerprint density at radius 1 is 1.23 bits per heavy atom. The summed E-state index contributed by atoms with van der Waals surface area (Å²) in [4.78, 5) is 10.4. The predicted molar refractivity (Wildman–Crippen MR) is 99.8 cm³/mol. The molecule has 0 aliphatic carbocycles. The zero-order valence-corrected chi connectivity index (χ0v) is 15.7. The molecule has 1 saturated heterocycles. The van der Waals surface area contributed by atoms with Gasteiger partial charge in [0.15, 0.2) is 0 Å². The second-order valence-corrected chi connectivity index (χ2v) is 6.95. The number of unbranched alkanes of at least 4 members (excludes halogenated alkanes) is 3. The molecule has 5 atom stereocenters. The summed E-state index contributed by atoms with van der Waals surface area (Å²) in [6.45, 7) is 2.11. The summed E-state index contributed by atoms with van der Waals surface area (Å²) in [5, 5.41) is 38.7. The lowest BCUT2D eigenvalue weighted by atomic mass is 10.0. The summed E-state index contributed by atoms with van der Waals surface area (Å²) < 4.78 is 5.73. The van der Waals surface area contributed by atoms with E-state index in [1.54, 1.807) is 12.2 Å². The maximum absolute atomic E-state index is 10.4. The Morgan fingerprint density at radius 2 is 2.00 bits per heavy atom. The molecule has 6 heteroatoms. The van der Waals surface area contributed by atoms with Crippen molar-refractivity contribution in [2.75, 3.05) is 0 Å². The monoisotopic (exact) mass is 370 g/mol. The molecular formula is C20H34O6. The third-order valence-corrected chi connectivity index (χ3v) is 4.55. The van der Waals surface area contributed by atoms with Gasteiger partial charge in [-0.05, 0) is 25.7 Å². The maximum Gasteiger partial charge on any atom is 0.303 e.